The lowest BCUT2D eigenvalue weighted by molar-refractivity contribution is 0.102. The molecule has 2 aromatic carbocycles. The van der Waals surface area contributed by atoms with Crippen molar-refractivity contribution in [1.82, 2.24) is 4.98 Å². The Labute approximate surface area is 149 Å². The van der Waals surface area contributed by atoms with E-state index in [1.165, 1.54) is 6.20 Å². The zero-order valence-electron chi connectivity index (χ0n) is 12.5. The molecule has 1 aromatic heterocycles. The Balaban J connectivity index is 1.77. The smallest absolute Gasteiger partial charge is 0.257 e. The molecule has 1 heterocycles. The number of hydrogen-bond acceptors (Lipinski definition) is 3. The lowest BCUT2D eigenvalue weighted by atomic mass is 10.2. The molecule has 120 valence electrons. The molecule has 0 saturated heterocycles. The summed E-state index contributed by atoms with van der Waals surface area (Å²) in [5.41, 5.74) is 2.50. The maximum atomic E-state index is 12.3. The van der Waals surface area contributed by atoms with Gasteiger partial charge in [0.1, 0.15) is 0 Å². The molecule has 0 aliphatic rings. The molecule has 6 heteroatoms. The molecule has 0 atom stereocenters. The normalized spacial score (nSPS) is 10.2. The molecule has 0 bridgehead atoms. The molecule has 0 saturated carbocycles. The number of para-hydroxylation sites is 1. The summed E-state index contributed by atoms with van der Waals surface area (Å²) in [4.78, 5) is 16.4. The van der Waals surface area contributed by atoms with Crippen molar-refractivity contribution in [3.63, 3.8) is 0 Å². The molecule has 0 spiro atoms. The van der Waals surface area contributed by atoms with Gasteiger partial charge in [0, 0.05) is 16.9 Å². The predicted molar refractivity (Wildman–Crippen MR) is 98.4 cm³/mol. The molecule has 1 amide bonds. The van der Waals surface area contributed by atoms with Crippen molar-refractivity contribution in [2.75, 3.05) is 10.6 Å². The van der Waals surface area contributed by atoms with E-state index in [9.17, 15) is 4.79 Å². The van der Waals surface area contributed by atoms with Crippen LogP contribution >= 0.6 is 23.2 Å². The van der Waals surface area contributed by atoms with Crippen molar-refractivity contribution in [2.45, 2.75) is 0 Å². The number of aromatic nitrogens is 1. The lowest BCUT2D eigenvalue weighted by Gasteiger charge is -2.10. The van der Waals surface area contributed by atoms with Crippen LogP contribution in [0.15, 0.2) is 67.0 Å². The van der Waals surface area contributed by atoms with Crippen LogP contribution in [-0.4, -0.2) is 10.9 Å². The molecule has 0 fully saturated rings. The third-order valence-electron chi connectivity index (χ3n) is 3.24. The van der Waals surface area contributed by atoms with Crippen molar-refractivity contribution >= 4 is 46.2 Å². The second-order valence-electron chi connectivity index (χ2n) is 5.03. The fourth-order valence-corrected chi connectivity index (χ4v) is 2.56. The van der Waals surface area contributed by atoms with Crippen LogP contribution in [-0.2, 0) is 0 Å². The van der Waals surface area contributed by atoms with Crippen LogP contribution in [0.5, 0.6) is 0 Å². The molecule has 3 aromatic rings. The van der Waals surface area contributed by atoms with E-state index in [1.807, 2.05) is 30.3 Å². The minimum absolute atomic E-state index is 0.237. The van der Waals surface area contributed by atoms with E-state index < -0.39 is 0 Å². The molecule has 0 unspecified atom stereocenters. The third kappa shape index (κ3) is 4.04. The van der Waals surface area contributed by atoms with Gasteiger partial charge in [0.15, 0.2) is 0 Å². The van der Waals surface area contributed by atoms with Gasteiger partial charge >= 0.3 is 0 Å². The Morgan fingerprint density at radius 3 is 2.46 bits per heavy atom. The maximum absolute atomic E-state index is 12.3. The summed E-state index contributed by atoms with van der Waals surface area (Å²) in [5.74, 6) is -0.237. The Bertz CT molecular complexity index is 869. The van der Waals surface area contributed by atoms with Gasteiger partial charge in [-0.1, -0.05) is 41.4 Å². The topological polar surface area (TPSA) is 54.0 Å². The fourth-order valence-electron chi connectivity index (χ4n) is 2.10. The predicted octanol–water partition coefficient (Wildman–Crippen LogP) is 5.38. The summed E-state index contributed by atoms with van der Waals surface area (Å²) in [5, 5.41) is 6.99. The van der Waals surface area contributed by atoms with E-state index in [-0.39, 0.29) is 5.91 Å². The number of halogens is 2. The van der Waals surface area contributed by atoms with Gasteiger partial charge in [0.2, 0.25) is 0 Å². The fraction of sp³-hybridized carbons (Fsp3) is 0. The summed E-state index contributed by atoms with van der Waals surface area (Å²) in [6.45, 7) is 0. The summed E-state index contributed by atoms with van der Waals surface area (Å²) < 4.78 is 0. The quantitative estimate of drug-likeness (QED) is 0.658. The van der Waals surface area contributed by atoms with E-state index in [4.69, 9.17) is 23.2 Å². The van der Waals surface area contributed by atoms with Crippen LogP contribution in [0.4, 0.5) is 17.1 Å². The van der Waals surface area contributed by atoms with Gasteiger partial charge in [0.25, 0.3) is 5.91 Å². The third-order valence-corrected chi connectivity index (χ3v) is 3.79. The molecule has 0 radical (unpaired) electrons. The number of benzene rings is 2. The minimum atomic E-state index is -0.237. The number of carbonyl (C=O) groups is 1. The first-order valence-electron chi connectivity index (χ1n) is 7.15. The molecule has 4 nitrogen and oxygen atoms in total. The number of nitrogens with one attached hydrogen (secondary N) is 2. The molecular weight excluding hydrogens is 345 g/mol. The van der Waals surface area contributed by atoms with Crippen LogP contribution < -0.4 is 10.6 Å². The van der Waals surface area contributed by atoms with Crippen LogP contribution in [0.2, 0.25) is 10.0 Å². The Kier molecular flexibility index (Phi) is 4.99. The van der Waals surface area contributed by atoms with Crippen LogP contribution in [0.25, 0.3) is 0 Å². The SMILES string of the molecule is O=C(Nc1ccccc1)c1cncc(Nc2ccc(Cl)cc2Cl)c1. The van der Waals surface area contributed by atoms with Crippen LogP contribution in [0, 0.1) is 0 Å². The first kappa shape index (κ1) is 16.3. The highest BCUT2D eigenvalue weighted by molar-refractivity contribution is 6.36. The average Bonchev–Trinajstić information content (AvgIpc) is 2.59. The number of hydrogen-bond donors (Lipinski definition) is 2. The van der Waals surface area contributed by atoms with Crippen molar-refractivity contribution in [2.24, 2.45) is 0 Å². The van der Waals surface area contributed by atoms with E-state index in [0.717, 1.165) is 5.69 Å². The number of nitrogens with zero attached hydrogens (tertiary/aromatic N) is 1. The number of amides is 1. The Morgan fingerprint density at radius 1 is 0.917 bits per heavy atom. The zero-order valence-corrected chi connectivity index (χ0v) is 14.0. The highest BCUT2D eigenvalue weighted by atomic mass is 35.5. The van der Waals surface area contributed by atoms with E-state index in [2.05, 4.69) is 15.6 Å². The summed E-state index contributed by atoms with van der Waals surface area (Å²) >= 11 is 12.0. The van der Waals surface area contributed by atoms with Crippen molar-refractivity contribution in [3.8, 4) is 0 Å². The Morgan fingerprint density at radius 2 is 1.71 bits per heavy atom. The summed E-state index contributed by atoms with van der Waals surface area (Å²) in [7, 11) is 0. The number of pyridine rings is 1. The standard InChI is InChI=1S/C18H13Cl2N3O/c19-13-6-7-17(16(20)9-13)22-15-8-12(10-21-11-15)18(24)23-14-4-2-1-3-5-14/h1-11,22H,(H,23,24). The van der Waals surface area contributed by atoms with Gasteiger partial charge in [0.05, 0.1) is 28.2 Å². The average molecular weight is 358 g/mol. The van der Waals surface area contributed by atoms with Gasteiger partial charge in [-0.3, -0.25) is 9.78 Å². The minimum Gasteiger partial charge on any atom is -0.353 e. The monoisotopic (exact) mass is 357 g/mol. The van der Waals surface area contributed by atoms with Gasteiger partial charge in [-0.05, 0) is 36.4 Å². The van der Waals surface area contributed by atoms with E-state index in [0.29, 0.717) is 27.0 Å². The zero-order chi connectivity index (χ0) is 16.9. The van der Waals surface area contributed by atoms with Crippen LogP contribution in [0.3, 0.4) is 0 Å². The molecule has 2 N–H and O–H groups in total. The summed E-state index contributed by atoms with van der Waals surface area (Å²) in [6, 6.07) is 16.1. The van der Waals surface area contributed by atoms with Crippen molar-refractivity contribution in [3.05, 3.63) is 82.6 Å². The first-order chi connectivity index (χ1) is 11.6. The maximum Gasteiger partial charge on any atom is 0.257 e. The van der Waals surface area contributed by atoms with Gasteiger partial charge < -0.3 is 10.6 Å². The van der Waals surface area contributed by atoms with Crippen molar-refractivity contribution in [1.29, 1.82) is 0 Å². The van der Waals surface area contributed by atoms with Crippen molar-refractivity contribution < 1.29 is 4.79 Å². The van der Waals surface area contributed by atoms with Gasteiger partial charge in [-0.15, -0.1) is 0 Å². The number of carbonyl (C=O) groups excluding carboxylic acids is 1. The lowest BCUT2D eigenvalue weighted by Crippen LogP contribution is -2.12. The van der Waals surface area contributed by atoms with Gasteiger partial charge in [-0.2, -0.15) is 0 Å². The Hall–Kier alpha value is -2.56. The van der Waals surface area contributed by atoms with E-state index in [1.54, 1.807) is 30.5 Å². The second kappa shape index (κ2) is 7.34. The largest absolute Gasteiger partial charge is 0.353 e. The molecular formula is C18H13Cl2N3O. The molecule has 0 aliphatic heterocycles. The first-order valence-corrected chi connectivity index (χ1v) is 7.91. The van der Waals surface area contributed by atoms with Gasteiger partial charge in [-0.25, -0.2) is 0 Å². The van der Waals surface area contributed by atoms with Crippen LogP contribution in [0.1, 0.15) is 10.4 Å². The number of anilines is 3. The highest BCUT2D eigenvalue weighted by Gasteiger charge is 2.08. The molecule has 3 rings (SSSR count). The second-order valence-corrected chi connectivity index (χ2v) is 5.88. The number of rotatable bonds is 4. The van der Waals surface area contributed by atoms with E-state index >= 15 is 0 Å². The molecule has 0 aliphatic carbocycles. The summed E-state index contributed by atoms with van der Waals surface area (Å²) in [6.07, 6.45) is 3.12. The molecule has 24 heavy (non-hydrogen) atoms. The highest BCUT2D eigenvalue weighted by Crippen LogP contribution is 2.28.